The first-order chi connectivity index (χ1) is 14.5. The minimum absolute atomic E-state index is 0.0152. The molecule has 0 spiro atoms. The predicted molar refractivity (Wildman–Crippen MR) is 114 cm³/mol. The van der Waals surface area contributed by atoms with Crippen LogP contribution in [0.3, 0.4) is 0 Å². The zero-order valence-electron chi connectivity index (χ0n) is 15.9. The van der Waals surface area contributed by atoms with Gasteiger partial charge in [0.05, 0.1) is 16.5 Å². The van der Waals surface area contributed by atoms with Crippen molar-refractivity contribution in [2.45, 2.75) is 13.0 Å². The highest BCUT2D eigenvalue weighted by Gasteiger charge is 2.44. The van der Waals surface area contributed by atoms with Crippen LogP contribution < -0.4 is 10.2 Å². The molecular formula is C22H17N3O4S. The Balaban J connectivity index is 1.80. The van der Waals surface area contributed by atoms with Gasteiger partial charge in [-0.15, -0.1) is 11.3 Å². The van der Waals surface area contributed by atoms with Crippen LogP contribution in [-0.2, 0) is 9.59 Å². The lowest BCUT2D eigenvalue weighted by Crippen LogP contribution is -2.31. The normalized spacial score (nSPS) is 16.1. The van der Waals surface area contributed by atoms with Crippen LogP contribution >= 0.6 is 11.3 Å². The van der Waals surface area contributed by atoms with Crippen molar-refractivity contribution in [2.75, 3.05) is 10.2 Å². The molecule has 2 N–H and O–H groups in total. The molecule has 1 atom stereocenters. The number of aliphatic hydroxyl groups excluding tert-OH is 1. The number of hydrogen-bond acceptors (Lipinski definition) is 6. The van der Waals surface area contributed by atoms with Crippen LogP contribution in [0, 0.1) is 0 Å². The van der Waals surface area contributed by atoms with Crippen molar-refractivity contribution in [1.82, 2.24) is 4.98 Å². The fraction of sp³-hybridized carbons (Fsp3) is 0.0909. The number of benzene rings is 1. The highest BCUT2D eigenvalue weighted by Crippen LogP contribution is 2.42. The number of rotatable bonds is 5. The maximum absolute atomic E-state index is 13.1. The van der Waals surface area contributed by atoms with Crippen molar-refractivity contribution >= 4 is 40.3 Å². The Hall–Kier alpha value is -3.78. The van der Waals surface area contributed by atoms with E-state index in [2.05, 4.69) is 10.3 Å². The van der Waals surface area contributed by atoms with E-state index in [1.54, 1.807) is 66.3 Å². The Labute approximate surface area is 176 Å². The minimum Gasteiger partial charge on any atom is -0.503 e. The average molecular weight is 419 g/mol. The van der Waals surface area contributed by atoms with E-state index in [9.17, 15) is 19.5 Å². The van der Waals surface area contributed by atoms with Gasteiger partial charge in [-0.2, -0.15) is 0 Å². The lowest BCUT2D eigenvalue weighted by atomic mass is 9.96. The van der Waals surface area contributed by atoms with Crippen LogP contribution in [0.4, 0.5) is 11.4 Å². The molecule has 0 radical (unpaired) electrons. The van der Waals surface area contributed by atoms with Crippen LogP contribution in [0.5, 0.6) is 0 Å². The summed E-state index contributed by atoms with van der Waals surface area (Å²) in [6.45, 7) is 1.40. The third-order valence-electron chi connectivity index (χ3n) is 4.66. The topological polar surface area (TPSA) is 99.6 Å². The summed E-state index contributed by atoms with van der Waals surface area (Å²) in [5.74, 6) is -1.86. The van der Waals surface area contributed by atoms with E-state index >= 15 is 0 Å². The first-order valence-electron chi connectivity index (χ1n) is 9.10. The molecule has 3 heterocycles. The Morgan fingerprint density at radius 3 is 2.50 bits per heavy atom. The molecule has 7 nitrogen and oxygen atoms in total. The van der Waals surface area contributed by atoms with E-state index in [4.69, 9.17) is 0 Å². The summed E-state index contributed by atoms with van der Waals surface area (Å²) in [6.07, 6.45) is 3.16. The number of carbonyl (C=O) groups excluding carboxylic acids is 3. The monoisotopic (exact) mass is 419 g/mol. The van der Waals surface area contributed by atoms with Gasteiger partial charge in [0.25, 0.3) is 5.91 Å². The molecule has 1 aromatic carbocycles. The van der Waals surface area contributed by atoms with Crippen LogP contribution in [0.25, 0.3) is 0 Å². The summed E-state index contributed by atoms with van der Waals surface area (Å²) in [4.78, 5) is 43.3. The highest BCUT2D eigenvalue weighted by atomic mass is 32.1. The lowest BCUT2D eigenvalue weighted by molar-refractivity contribution is -0.117. The first-order valence-corrected chi connectivity index (χ1v) is 9.98. The van der Waals surface area contributed by atoms with Gasteiger partial charge in [-0.3, -0.25) is 24.3 Å². The van der Waals surface area contributed by atoms with Gasteiger partial charge in [0.2, 0.25) is 11.7 Å². The zero-order valence-corrected chi connectivity index (χ0v) is 16.7. The maximum Gasteiger partial charge on any atom is 0.294 e. The molecule has 0 aliphatic carbocycles. The molecule has 150 valence electrons. The van der Waals surface area contributed by atoms with Crippen molar-refractivity contribution in [2.24, 2.45) is 0 Å². The number of aromatic nitrogens is 1. The second-order valence-electron chi connectivity index (χ2n) is 6.66. The minimum atomic E-state index is -0.826. The average Bonchev–Trinajstić information content (AvgIpc) is 3.36. The van der Waals surface area contributed by atoms with Crippen LogP contribution in [-0.4, -0.2) is 27.7 Å². The third kappa shape index (κ3) is 3.48. The van der Waals surface area contributed by atoms with Gasteiger partial charge in [-0.25, -0.2) is 0 Å². The van der Waals surface area contributed by atoms with Gasteiger partial charge in [-0.05, 0) is 47.3 Å². The maximum atomic E-state index is 13.1. The molecule has 2 aromatic heterocycles. The molecule has 4 rings (SSSR count). The zero-order chi connectivity index (χ0) is 21.3. The second-order valence-corrected chi connectivity index (χ2v) is 7.61. The van der Waals surface area contributed by atoms with Gasteiger partial charge in [0.1, 0.15) is 0 Å². The Morgan fingerprint density at radius 1 is 1.13 bits per heavy atom. The summed E-state index contributed by atoms with van der Waals surface area (Å²) in [5, 5.41) is 15.1. The summed E-state index contributed by atoms with van der Waals surface area (Å²) in [5.41, 5.74) is 1.66. The summed E-state index contributed by atoms with van der Waals surface area (Å²) in [7, 11) is 0. The number of hydrogen-bond donors (Lipinski definition) is 2. The number of nitrogens with one attached hydrogen (secondary N) is 1. The van der Waals surface area contributed by atoms with Crippen LogP contribution in [0.15, 0.2) is 77.6 Å². The molecular weight excluding hydrogens is 402 g/mol. The number of thiophene rings is 1. The number of amides is 2. The van der Waals surface area contributed by atoms with E-state index in [0.29, 0.717) is 21.8 Å². The summed E-state index contributed by atoms with van der Waals surface area (Å²) in [6, 6.07) is 12.6. The first kappa shape index (κ1) is 19.5. The molecule has 1 unspecified atom stereocenters. The standard InChI is InChI=1S/C22H17N3O4S/c1-13(26)24-15-6-8-16(9-7-15)25-19(14-4-2-10-23-12-14)18(21(28)22(25)29)20(27)17-5-3-11-30-17/h2-12,19,28H,1H3,(H,24,26). The predicted octanol–water partition coefficient (Wildman–Crippen LogP) is 3.88. The highest BCUT2D eigenvalue weighted by molar-refractivity contribution is 7.12. The fourth-order valence-electron chi connectivity index (χ4n) is 3.41. The molecule has 0 saturated carbocycles. The van der Waals surface area contributed by atoms with E-state index < -0.39 is 23.5 Å². The second kappa shape index (κ2) is 7.92. The number of ketones is 1. The molecule has 2 amide bonds. The van der Waals surface area contributed by atoms with E-state index in [0.717, 1.165) is 0 Å². The summed E-state index contributed by atoms with van der Waals surface area (Å²) >= 11 is 1.24. The van der Waals surface area contributed by atoms with E-state index in [1.807, 2.05) is 0 Å². The van der Waals surface area contributed by atoms with Gasteiger partial charge in [0.15, 0.2) is 5.76 Å². The molecule has 3 aromatic rings. The Morgan fingerprint density at radius 2 is 1.90 bits per heavy atom. The molecule has 0 saturated heterocycles. The Bertz CT molecular complexity index is 1140. The number of Topliss-reactive ketones (excluding diaryl/α,β-unsaturated/α-hetero) is 1. The molecule has 8 heteroatoms. The number of pyridine rings is 1. The molecule has 0 bridgehead atoms. The van der Waals surface area contributed by atoms with Gasteiger partial charge < -0.3 is 10.4 Å². The largest absolute Gasteiger partial charge is 0.503 e. The van der Waals surface area contributed by atoms with E-state index in [-0.39, 0.29) is 11.5 Å². The van der Waals surface area contributed by atoms with Gasteiger partial charge in [-0.1, -0.05) is 12.1 Å². The van der Waals surface area contributed by atoms with Gasteiger partial charge >= 0.3 is 0 Å². The van der Waals surface area contributed by atoms with Crippen molar-refractivity contribution in [3.63, 3.8) is 0 Å². The molecule has 1 aliphatic heterocycles. The quantitative estimate of drug-likeness (QED) is 0.612. The number of nitrogens with zero attached hydrogens (tertiary/aromatic N) is 2. The number of carbonyl (C=O) groups is 3. The van der Waals surface area contributed by atoms with Crippen molar-refractivity contribution in [1.29, 1.82) is 0 Å². The number of aliphatic hydroxyl groups is 1. The number of anilines is 2. The molecule has 1 aliphatic rings. The summed E-state index contributed by atoms with van der Waals surface area (Å²) < 4.78 is 0. The van der Waals surface area contributed by atoms with E-state index in [1.165, 1.54) is 23.2 Å². The van der Waals surface area contributed by atoms with Crippen LogP contribution in [0.1, 0.15) is 28.2 Å². The smallest absolute Gasteiger partial charge is 0.294 e. The molecule has 0 fully saturated rings. The Kier molecular flexibility index (Phi) is 5.16. The van der Waals surface area contributed by atoms with Crippen LogP contribution in [0.2, 0.25) is 0 Å². The SMILES string of the molecule is CC(=O)Nc1ccc(N2C(=O)C(O)=C(C(=O)c3cccs3)C2c2cccnc2)cc1. The van der Waals surface area contributed by atoms with Crippen molar-refractivity contribution in [3.8, 4) is 0 Å². The lowest BCUT2D eigenvalue weighted by Gasteiger charge is -2.26. The van der Waals surface area contributed by atoms with Crippen molar-refractivity contribution < 1.29 is 19.5 Å². The van der Waals surface area contributed by atoms with Gasteiger partial charge in [0, 0.05) is 30.7 Å². The van der Waals surface area contributed by atoms with Crippen molar-refractivity contribution in [3.05, 3.63) is 88.1 Å². The third-order valence-corrected chi connectivity index (χ3v) is 5.53. The molecule has 30 heavy (non-hydrogen) atoms. The fourth-order valence-corrected chi connectivity index (χ4v) is 4.08.